The molecule has 0 bridgehead atoms. The lowest BCUT2D eigenvalue weighted by Crippen LogP contribution is -2.15. The molecule has 0 fully saturated rings. The molecule has 0 saturated carbocycles. The van der Waals surface area contributed by atoms with Gasteiger partial charge in [0.05, 0.1) is 11.1 Å². The molecule has 1 aliphatic rings. The van der Waals surface area contributed by atoms with Crippen molar-refractivity contribution in [1.29, 1.82) is 0 Å². The molecule has 2 heterocycles. The van der Waals surface area contributed by atoms with Gasteiger partial charge in [-0.2, -0.15) is 0 Å². The SMILES string of the molecule is CC1(C)c2ccccc2-c2c1c1ccccc1c1c2oc2cccc(N(c3ccccc3)c3ccc4c(c3)sc3ccccc34)c21. The van der Waals surface area contributed by atoms with Crippen molar-refractivity contribution in [3.05, 3.63) is 151 Å². The minimum Gasteiger partial charge on any atom is -0.455 e. The van der Waals surface area contributed by atoms with Crippen LogP contribution in [0, 0.1) is 0 Å². The number of anilines is 3. The van der Waals surface area contributed by atoms with Crippen molar-refractivity contribution in [2.45, 2.75) is 19.3 Å². The Kier molecular flexibility index (Phi) is 5.25. The van der Waals surface area contributed by atoms with Crippen LogP contribution in [0.2, 0.25) is 0 Å². The molecule has 7 aromatic carbocycles. The van der Waals surface area contributed by atoms with Crippen molar-refractivity contribution in [2.24, 2.45) is 0 Å². The van der Waals surface area contributed by atoms with Gasteiger partial charge in [-0.15, -0.1) is 11.3 Å². The van der Waals surface area contributed by atoms with E-state index in [1.807, 2.05) is 11.3 Å². The van der Waals surface area contributed by atoms with Gasteiger partial charge in [0.25, 0.3) is 0 Å². The molecular weight excluding hydrogens is 579 g/mol. The summed E-state index contributed by atoms with van der Waals surface area (Å²) in [5, 5.41) is 7.45. The van der Waals surface area contributed by atoms with Gasteiger partial charge in [0.1, 0.15) is 11.2 Å². The van der Waals surface area contributed by atoms with E-state index in [0.29, 0.717) is 0 Å². The molecule has 218 valence electrons. The zero-order valence-electron chi connectivity index (χ0n) is 25.5. The molecule has 0 aliphatic heterocycles. The number of nitrogens with zero attached hydrogens (tertiary/aromatic N) is 1. The summed E-state index contributed by atoms with van der Waals surface area (Å²) < 4.78 is 9.60. The minimum absolute atomic E-state index is 0.142. The Bertz CT molecular complexity index is 2680. The van der Waals surface area contributed by atoms with Crippen LogP contribution in [0.15, 0.2) is 144 Å². The third-order valence-electron chi connectivity index (χ3n) is 10.0. The van der Waals surface area contributed by atoms with Gasteiger partial charge in [0.2, 0.25) is 0 Å². The number of hydrogen-bond acceptors (Lipinski definition) is 3. The van der Waals surface area contributed by atoms with Gasteiger partial charge >= 0.3 is 0 Å². The fourth-order valence-electron chi connectivity index (χ4n) is 8.06. The van der Waals surface area contributed by atoms with Crippen LogP contribution in [0.4, 0.5) is 17.1 Å². The molecule has 0 radical (unpaired) electrons. The highest BCUT2D eigenvalue weighted by atomic mass is 32.1. The summed E-state index contributed by atoms with van der Waals surface area (Å²) in [5.74, 6) is 0. The first-order valence-electron chi connectivity index (χ1n) is 15.9. The first-order valence-corrected chi connectivity index (χ1v) is 16.7. The van der Waals surface area contributed by atoms with Crippen LogP contribution in [0.1, 0.15) is 25.0 Å². The average Bonchev–Trinajstić information content (AvgIpc) is 3.74. The first kappa shape index (κ1) is 25.9. The van der Waals surface area contributed by atoms with Crippen molar-refractivity contribution < 1.29 is 4.42 Å². The lowest BCUT2D eigenvalue weighted by molar-refractivity contribution is 0.657. The normalized spacial score (nSPS) is 13.6. The maximum absolute atomic E-state index is 7.00. The molecule has 2 aromatic heterocycles. The van der Waals surface area contributed by atoms with Gasteiger partial charge in [-0.25, -0.2) is 0 Å². The molecule has 46 heavy (non-hydrogen) atoms. The summed E-state index contributed by atoms with van der Waals surface area (Å²) in [5.41, 5.74) is 10.3. The summed E-state index contributed by atoms with van der Waals surface area (Å²) in [4.78, 5) is 2.40. The average molecular weight is 608 g/mol. The van der Waals surface area contributed by atoms with Gasteiger partial charge in [0, 0.05) is 47.9 Å². The van der Waals surface area contributed by atoms with E-state index in [2.05, 4.69) is 158 Å². The zero-order chi connectivity index (χ0) is 30.6. The second kappa shape index (κ2) is 9.32. The quantitative estimate of drug-likeness (QED) is 0.199. The summed E-state index contributed by atoms with van der Waals surface area (Å²) in [6.07, 6.45) is 0. The Balaban J connectivity index is 1.33. The smallest absolute Gasteiger partial charge is 0.144 e. The summed E-state index contributed by atoms with van der Waals surface area (Å²) in [7, 11) is 0. The number of hydrogen-bond donors (Lipinski definition) is 0. The molecule has 3 heteroatoms. The van der Waals surface area contributed by atoms with Gasteiger partial charge < -0.3 is 9.32 Å². The van der Waals surface area contributed by atoms with E-state index >= 15 is 0 Å². The molecule has 0 spiro atoms. The van der Waals surface area contributed by atoms with Crippen LogP contribution in [-0.4, -0.2) is 0 Å². The van der Waals surface area contributed by atoms with E-state index in [0.717, 1.165) is 33.6 Å². The number of benzene rings is 7. The topological polar surface area (TPSA) is 16.4 Å². The van der Waals surface area contributed by atoms with Crippen LogP contribution < -0.4 is 4.90 Å². The van der Waals surface area contributed by atoms with Crippen molar-refractivity contribution >= 4 is 81.3 Å². The molecule has 0 unspecified atom stereocenters. The highest BCUT2D eigenvalue weighted by Crippen LogP contribution is 2.57. The standard InChI is InChI=1S/C43H29NOS/c1-43(2)33-19-10-8-18-32(33)39-41(43)31-17-7-6-16-30(31)38-40-34(20-12-21-35(40)45-42(38)39)44(26-13-4-3-5-14-26)27-23-24-29-28-15-9-11-22-36(28)46-37(29)25-27/h3-25H,1-2H3. The maximum Gasteiger partial charge on any atom is 0.144 e. The molecule has 9 aromatic rings. The highest BCUT2D eigenvalue weighted by molar-refractivity contribution is 7.25. The molecule has 0 atom stereocenters. The predicted molar refractivity (Wildman–Crippen MR) is 196 cm³/mol. The van der Waals surface area contributed by atoms with Gasteiger partial charge in [-0.1, -0.05) is 111 Å². The fraction of sp³-hybridized carbons (Fsp3) is 0.0698. The van der Waals surface area contributed by atoms with Crippen molar-refractivity contribution in [3.63, 3.8) is 0 Å². The molecule has 0 saturated heterocycles. The van der Waals surface area contributed by atoms with Crippen molar-refractivity contribution in [2.75, 3.05) is 4.90 Å². The second-order valence-corrected chi connectivity index (χ2v) is 14.0. The van der Waals surface area contributed by atoms with E-state index in [9.17, 15) is 0 Å². The Hall–Kier alpha value is -5.38. The highest BCUT2D eigenvalue weighted by Gasteiger charge is 2.40. The van der Waals surface area contributed by atoms with E-state index in [1.165, 1.54) is 58.6 Å². The zero-order valence-corrected chi connectivity index (χ0v) is 26.4. The van der Waals surface area contributed by atoms with Crippen LogP contribution in [-0.2, 0) is 5.41 Å². The van der Waals surface area contributed by atoms with E-state index in [1.54, 1.807) is 0 Å². The van der Waals surface area contributed by atoms with Gasteiger partial charge in [-0.3, -0.25) is 0 Å². The third kappa shape index (κ3) is 3.41. The molecule has 0 amide bonds. The van der Waals surface area contributed by atoms with Crippen LogP contribution >= 0.6 is 11.3 Å². The van der Waals surface area contributed by atoms with Crippen molar-refractivity contribution in [3.8, 4) is 11.1 Å². The van der Waals surface area contributed by atoms with E-state index in [4.69, 9.17) is 4.42 Å². The fourth-order valence-corrected chi connectivity index (χ4v) is 9.20. The first-order chi connectivity index (χ1) is 22.6. The van der Waals surface area contributed by atoms with Crippen LogP contribution in [0.25, 0.3) is 64.0 Å². The number of fused-ring (bicyclic) bond motifs is 13. The Morgan fingerprint density at radius 2 is 1.28 bits per heavy atom. The van der Waals surface area contributed by atoms with Crippen LogP contribution in [0.3, 0.4) is 0 Å². The number of rotatable bonds is 3. The maximum atomic E-state index is 7.00. The minimum atomic E-state index is -0.142. The predicted octanol–water partition coefficient (Wildman–Crippen LogP) is 12.9. The Labute approximate surface area is 270 Å². The van der Waals surface area contributed by atoms with Gasteiger partial charge in [-0.05, 0) is 69.9 Å². The second-order valence-electron chi connectivity index (χ2n) is 12.9. The Morgan fingerprint density at radius 3 is 2.15 bits per heavy atom. The molecule has 2 nitrogen and oxygen atoms in total. The van der Waals surface area contributed by atoms with E-state index in [-0.39, 0.29) is 5.41 Å². The molecule has 1 aliphatic carbocycles. The van der Waals surface area contributed by atoms with Crippen molar-refractivity contribution in [1.82, 2.24) is 0 Å². The Morgan fingerprint density at radius 1 is 0.565 bits per heavy atom. The largest absolute Gasteiger partial charge is 0.455 e. The van der Waals surface area contributed by atoms with Gasteiger partial charge in [0.15, 0.2) is 0 Å². The molecular formula is C43H29NOS. The summed E-state index contributed by atoms with van der Waals surface area (Å²) >= 11 is 1.85. The number of para-hydroxylation sites is 1. The van der Waals surface area contributed by atoms with Crippen LogP contribution in [0.5, 0.6) is 0 Å². The lowest BCUT2D eigenvalue weighted by atomic mass is 9.79. The number of thiophene rings is 1. The van der Waals surface area contributed by atoms with E-state index < -0.39 is 0 Å². The molecule has 0 N–H and O–H groups in total. The lowest BCUT2D eigenvalue weighted by Gasteiger charge is -2.26. The summed E-state index contributed by atoms with van der Waals surface area (Å²) in [6, 6.07) is 50.6. The number of furan rings is 1. The third-order valence-corrected chi connectivity index (χ3v) is 11.1. The monoisotopic (exact) mass is 607 g/mol. The summed E-state index contributed by atoms with van der Waals surface area (Å²) in [6.45, 7) is 4.70. The molecule has 10 rings (SSSR count).